The molecular formula is C62H111O11P. The number of aliphatic hydroxyl groups excluding tert-OH is 1. The van der Waals surface area contributed by atoms with E-state index in [1.807, 2.05) is 12.2 Å². The fourth-order valence-electron chi connectivity index (χ4n) is 8.37. The van der Waals surface area contributed by atoms with Crippen molar-refractivity contribution in [2.75, 3.05) is 26.4 Å². The van der Waals surface area contributed by atoms with Crippen molar-refractivity contribution in [2.45, 2.75) is 290 Å². The molecule has 0 aliphatic rings. The van der Waals surface area contributed by atoms with E-state index in [-0.39, 0.29) is 25.9 Å². The Kier molecular flexibility index (Phi) is 54.2. The molecule has 0 aliphatic heterocycles. The van der Waals surface area contributed by atoms with Crippen LogP contribution in [0.1, 0.15) is 278 Å². The molecule has 0 radical (unpaired) electrons. The number of rotatable bonds is 56. The first-order valence-corrected chi connectivity index (χ1v) is 31.7. The predicted octanol–water partition coefficient (Wildman–Crippen LogP) is 17.9. The Bertz CT molecular complexity index is 1470. The van der Waals surface area contributed by atoms with E-state index in [1.165, 1.54) is 135 Å². The number of hydrogen-bond donors (Lipinski definition) is 2. The fraction of sp³-hybridized carbons (Fsp3) is 0.790. The van der Waals surface area contributed by atoms with Crippen molar-refractivity contribution in [1.29, 1.82) is 0 Å². The van der Waals surface area contributed by atoms with E-state index in [9.17, 15) is 28.9 Å². The third kappa shape index (κ3) is 54.0. The molecule has 0 amide bonds. The third-order valence-electron chi connectivity index (χ3n) is 12.9. The second kappa shape index (κ2) is 56.4. The van der Waals surface area contributed by atoms with E-state index >= 15 is 0 Å². The Morgan fingerprint density at radius 1 is 0.392 bits per heavy atom. The number of unbranched alkanes of at least 4 members (excludes halogenated alkanes) is 29. The number of phosphoric acid groups is 1. The van der Waals surface area contributed by atoms with E-state index in [2.05, 4.69) is 69.4 Å². The maximum Gasteiger partial charge on any atom is 0.472 e. The van der Waals surface area contributed by atoms with Crippen molar-refractivity contribution < 1.29 is 52.2 Å². The number of allylic oxidation sites excluding steroid dienone is 10. The van der Waals surface area contributed by atoms with Crippen molar-refractivity contribution in [3.63, 3.8) is 0 Å². The first-order chi connectivity index (χ1) is 36.2. The molecule has 0 aliphatic carbocycles. The van der Waals surface area contributed by atoms with Gasteiger partial charge in [0, 0.05) is 19.3 Å². The van der Waals surface area contributed by atoms with Crippen molar-refractivity contribution >= 4 is 25.7 Å². The summed E-state index contributed by atoms with van der Waals surface area (Å²) >= 11 is 0. The Hall–Kier alpha value is -2.82. The quantitative estimate of drug-likeness (QED) is 0.0197. The van der Waals surface area contributed by atoms with Crippen LogP contribution in [0.2, 0.25) is 0 Å². The summed E-state index contributed by atoms with van der Waals surface area (Å²) in [6.07, 6.45) is 62.0. The number of carbonyl (C=O) groups is 3. The minimum atomic E-state index is -4.77. The van der Waals surface area contributed by atoms with Gasteiger partial charge in [0.1, 0.15) is 12.7 Å². The van der Waals surface area contributed by atoms with E-state index in [0.29, 0.717) is 19.3 Å². The molecule has 0 spiro atoms. The van der Waals surface area contributed by atoms with Crippen LogP contribution in [-0.4, -0.2) is 66.5 Å². The molecule has 74 heavy (non-hydrogen) atoms. The van der Waals surface area contributed by atoms with Gasteiger partial charge in [-0.25, -0.2) is 4.57 Å². The molecule has 2 N–H and O–H groups in total. The Morgan fingerprint density at radius 3 is 1.16 bits per heavy atom. The molecule has 0 bridgehead atoms. The van der Waals surface area contributed by atoms with Gasteiger partial charge in [-0.2, -0.15) is 0 Å². The Labute approximate surface area is 453 Å². The lowest BCUT2D eigenvalue weighted by molar-refractivity contribution is -0.161. The van der Waals surface area contributed by atoms with Crippen LogP contribution >= 0.6 is 7.82 Å². The summed E-state index contributed by atoms with van der Waals surface area (Å²) in [4.78, 5) is 48.5. The zero-order valence-electron chi connectivity index (χ0n) is 47.6. The number of esters is 3. The average molecular weight is 1060 g/mol. The van der Waals surface area contributed by atoms with Gasteiger partial charge < -0.3 is 24.2 Å². The summed E-state index contributed by atoms with van der Waals surface area (Å²) in [6.45, 7) is 4.47. The van der Waals surface area contributed by atoms with Gasteiger partial charge in [0.25, 0.3) is 0 Å². The molecule has 430 valence electrons. The van der Waals surface area contributed by atoms with Crippen molar-refractivity contribution in [2.24, 2.45) is 0 Å². The van der Waals surface area contributed by atoms with Crippen LogP contribution in [0.3, 0.4) is 0 Å². The molecule has 3 atom stereocenters. The second-order valence-corrected chi connectivity index (χ2v) is 21.6. The van der Waals surface area contributed by atoms with E-state index in [0.717, 1.165) is 83.5 Å². The lowest BCUT2D eigenvalue weighted by Crippen LogP contribution is -2.30. The van der Waals surface area contributed by atoms with E-state index < -0.39 is 57.8 Å². The zero-order valence-corrected chi connectivity index (χ0v) is 48.5. The van der Waals surface area contributed by atoms with Gasteiger partial charge in [-0.3, -0.25) is 23.4 Å². The van der Waals surface area contributed by atoms with Crippen molar-refractivity contribution in [1.82, 2.24) is 0 Å². The van der Waals surface area contributed by atoms with Crippen LogP contribution < -0.4 is 0 Å². The summed E-state index contributed by atoms with van der Waals surface area (Å²) < 4.78 is 39.5. The fourth-order valence-corrected chi connectivity index (χ4v) is 9.15. The van der Waals surface area contributed by atoms with Crippen molar-refractivity contribution in [3.8, 4) is 0 Å². The highest BCUT2D eigenvalue weighted by atomic mass is 31.2. The molecule has 0 fully saturated rings. The lowest BCUT2D eigenvalue weighted by atomic mass is 10.0. The SMILES string of the molecule is CC/C=C\C/C=C\C/C=C\C/C=C\CCC(=O)OC(CO)COP(=O)(O)OCC(COC(=O)CCCCCCCCCCCCCCCCCCCCC)OC(=O)CCCCCCC/C=C\CCCCCCCC. The largest absolute Gasteiger partial charge is 0.472 e. The molecule has 0 aromatic carbocycles. The van der Waals surface area contributed by atoms with Crippen molar-refractivity contribution in [3.05, 3.63) is 60.8 Å². The van der Waals surface area contributed by atoms with Crippen LogP contribution in [0, 0.1) is 0 Å². The van der Waals surface area contributed by atoms with Crippen LogP contribution in [0.5, 0.6) is 0 Å². The summed E-state index contributed by atoms with van der Waals surface area (Å²) in [5.41, 5.74) is 0. The Morgan fingerprint density at radius 2 is 0.730 bits per heavy atom. The maximum atomic E-state index is 12.9. The molecule has 0 rings (SSSR count). The van der Waals surface area contributed by atoms with Gasteiger partial charge in [-0.05, 0) is 70.6 Å². The number of phosphoric ester groups is 1. The number of hydrogen-bond acceptors (Lipinski definition) is 10. The monoisotopic (exact) mass is 1060 g/mol. The van der Waals surface area contributed by atoms with E-state index in [4.69, 9.17) is 23.3 Å². The van der Waals surface area contributed by atoms with E-state index in [1.54, 1.807) is 0 Å². The Balaban J connectivity index is 4.73. The molecule has 3 unspecified atom stereocenters. The average Bonchev–Trinajstić information content (AvgIpc) is 3.39. The first kappa shape index (κ1) is 71.2. The van der Waals surface area contributed by atoms with Gasteiger partial charge in [0.2, 0.25) is 0 Å². The zero-order chi connectivity index (χ0) is 54.1. The minimum Gasteiger partial charge on any atom is -0.462 e. The minimum absolute atomic E-state index is 0.0559. The normalized spacial score (nSPS) is 13.7. The topological polar surface area (TPSA) is 155 Å². The standard InChI is InChI=1S/C62H111O11P/c1-4-7-10-13-16-19-22-25-27-28-29-30-32-34-36-39-42-45-48-51-60(64)69-55-59(73-62(66)53-50-47-44-41-38-35-31-26-23-20-17-14-11-8-5-2)57-71-74(67,68)70-56-58(54-63)72-61(65)52-49-46-43-40-37-33-24-21-18-15-12-9-6-3/h9,12,18,21,26,31,33,37,43,46,58-59,63H,4-8,10-11,13-17,19-20,22-25,27-30,32,34-36,38-42,44-45,47-57H2,1-3H3,(H,67,68)/b12-9-,21-18-,31-26-,37-33-,46-43-. The summed E-state index contributed by atoms with van der Waals surface area (Å²) in [5.74, 6) is -1.55. The van der Waals surface area contributed by atoms with Gasteiger partial charge in [-0.1, -0.05) is 248 Å². The summed E-state index contributed by atoms with van der Waals surface area (Å²) in [7, 11) is -4.77. The van der Waals surface area contributed by atoms with Gasteiger partial charge >= 0.3 is 25.7 Å². The van der Waals surface area contributed by atoms with Crippen LogP contribution in [0.15, 0.2) is 60.8 Å². The van der Waals surface area contributed by atoms with Gasteiger partial charge in [0.15, 0.2) is 6.10 Å². The number of ether oxygens (including phenoxy) is 3. The van der Waals surface area contributed by atoms with Gasteiger partial charge in [0.05, 0.1) is 19.8 Å². The molecule has 0 aromatic heterocycles. The lowest BCUT2D eigenvalue weighted by Gasteiger charge is -2.21. The van der Waals surface area contributed by atoms with Crippen LogP contribution in [0.4, 0.5) is 0 Å². The first-order valence-electron chi connectivity index (χ1n) is 30.2. The molecule has 0 heterocycles. The number of carbonyl (C=O) groups excluding carboxylic acids is 3. The van der Waals surface area contributed by atoms with Crippen LogP contribution in [0.25, 0.3) is 0 Å². The van der Waals surface area contributed by atoms with Gasteiger partial charge in [-0.15, -0.1) is 0 Å². The molecular weight excluding hydrogens is 952 g/mol. The maximum absolute atomic E-state index is 12.9. The number of aliphatic hydroxyl groups is 1. The summed E-state index contributed by atoms with van der Waals surface area (Å²) in [6, 6.07) is 0. The summed E-state index contributed by atoms with van der Waals surface area (Å²) in [5, 5.41) is 9.79. The highest BCUT2D eigenvalue weighted by Gasteiger charge is 2.28. The smallest absolute Gasteiger partial charge is 0.462 e. The van der Waals surface area contributed by atoms with Crippen LogP contribution in [-0.2, 0) is 42.2 Å². The second-order valence-electron chi connectivity index (χ2n) is 20.1. The molecule has 0 aromatic rings. The predicted molar refractivity (Wildman–Crippen MR) is 307 cm³/mol. The molecule has 12 heteroatoms. The molecule has 0 saturated heterocycles. The third-order valence-corrected chi connectivity index (χ3v) is 13.9. The molecule has 11 nitrogen and oxygen atoms in total. The molecule has 0 saturated carbocycles. The highest BCUT2D eigenvalue weighted by molar-refractivity contribution is 7.47. The highest BCUT2D eigenvalue weighted by Crippen LogP contribution is 2.43.